The standard InChI is InChI=1S/C7H8BrFN2O2S/c1-4-2-6(9)5(8)3-7(4)11-14(10,12)13/h2-3,11H,1H3,(H2,10,12,13). The molecular formula is C7H8BrFN2O2S. The van der Waals surface area contributed by atoms with E-state index in [2.05, 4.69) is 20.7 Å². The van der Waals surface area contributed by atoms with Crippen LogP contribution in [0.2, 0.25) is 0 Å². The van der Waals surface area contributed by atoms with Gasteiger partial charge in [-0.2, -0.15) is 8.42 Å². The summed E-state index contributed by atoms with van der Waals surface area (Å²) in [4.78, 5) is 0. The predicted octanol–water partition coefficient (Wildman–Crippen LogP) is 1.51. The van der Waals surface area contributed by atoms with E-state index < -0.39 is 16.0 Å². The molecule has 0 aliphatic heterocycles. The third-order valence-corrected chi connectivity index (χ3v) is 2.63. The maximum atomic E-state index is 12.9. The molecule has 7 heteroatoms. The van der Waals surface area contributed by atoms with Crippen LogP contribution in [0.1, 0.15) is 5.56 Å². The number of anilines is 1. The highest BCUT2D eigenvalue weighted by Crippen LogP contribution is 2.24. The molecule has 0 unspecified atom stereocenters. The zero-order chi connectivity index (χ0) is 10.9. The van der Waals surface area contributed by atoms with Gasteiger partial charge in [-0.1, -0.05) is 0 Å². The summed E-state index contributed by atoms with van der Waals surface area (Å²) in [5.41, 5.74) is 0.709. The SMILES string of the molecule is Cc1cc(F)c(Br)cc1NS(N)(=O)=O. The van der Waals surface area contributed by atoms with Gasteiger partial charge in [0.15, 0.2) is 0 Å². The second kappa shape index (κ2) is 3.84. The van der Waals surface area contributed by atoms with Crippen molar-refractivity contribution in [1.29, 1.82) is 0 Å². The molecule has 0 radical (unpaired) electrons. The molecule has 0 aliphatic carbocycles. The lowest BCUT2D eigenvalue weighted by atomic mass is 10.2. The Balaban J connectivity index is 3.17. The number of halogens is 2. The van der Waals surface area contributed by atoms with Crippen LogP contribution in [0.25, 0.3) is 0 Å². The van der Waals surface area contributed by atoms with Gasteiger partial charge in [0.05, 0.1) is 10.2 Å². The van der Waals surface area contributed by atoms with E-state index in [0.29, 0.717) is 5.56 Å². The number of nitrogens with one attached hydrogen (secondary N) is 1. The van der Waals surface area contributed by atoms with Gasteiger partial charge in [0.2, 0.25) is 0 Å². The molecule has 0 amide bonds. The van der Waals surface area contributed by atoms with Crippen LogP contribution >= 0.6 is 15.9 Å². The molecule has 3 N–H and O–H groups in total. The van der Waals surface area contributed by atoms with Crippen molar-refractivity contribution in [3.05, 3.63) is 28.0 Å². The fourth-order valence-electron chi connectivity index (χ4n) is 0.910. The molecular weight excluding hydrogens is 275 g/mol. The maximum absolute atomic E-state index is 12.9. The van der Waals surface area contributed by atoms with E-state index in [1.54, 1.807) is 6.92 Å². The molecule has 0 bridgehead atoms. The van der Waals surface area contributed by atoms with Crippen molar-refractivity contribution in [1.82, 2.24) is 0 Å². The molecule has 4 nitrogen and oxygen atoms in total. The molecule has 78 valence electrons. The Kier molecular flexibility index (Phi) is 3.13. The van der Waals surface area contributed by atoms with Crippen molar-refractivity contribution in [2.45, 2.75) is 6.92 Å². The first-order valence-corrected chi connectivity index (χ1v) is 5.90. The fraction of sp³-hybridized carbons (Fsp3) is 0.143. The predicted molar refractivity (Wildman–Crippen MR) is 55.6 cm³/mol. The maximum Gasteiger partial charge on any atom is 0.296 e. The summed E-state index contributed by atoms with van der Waals surface area (Å²) in [6.45, 7) is 1.57. The van der Waals surface area contributed by atoms with E-state index in [0.717, 1.165) is 0 Å². The largest absolute Gasteiger partial charge is 0.296 e. The Hall–Kier alpha value is -0.660. The average Bonchev–Trinajstić information content (AvgIpc) is 1.97. The number of benzene rings is 1. The van der Waals surface area contributed by atoms with Crippen LogP contribution in [0.5, 0.6) is 0 Å². The van der Waals surface area contributed by atoms with Crippen molar-refractivity contribution < 1.29 is 12.8 Å². The second-order valence-corrected chi connectivity index (χ2v) is 4.88. The number of hydrogen-bond acceptors (Lipinski definition) is 2. The molecule has 1 aromatic rings. The minimum atomic E-state index is -3.82. The van der Waals surface area contributed by atoms with Crippen LogP contribution in [-0.2, 0) is 10.2 Å². The monoisotopic (exact) mass is 282 g/mol. The van der Waals surface area contributed by atoms with Crippen molar-refractivity contribution in [3.8, 4) is 0 Å². The first-order valence-electron chi connectivity index (χ1n) is 3.56. The van der Waals surface area contributed by atoms with Gasteiger partial charge >= 0.3 is 0 Å². The number of rotatable bonds is 2. The minimum absolute atomic E-state index is 0.175. The van der Waals surface area contributed by atoms with E-state index in [-0.39, 0.29) is 10.2 Å². The zero-order valence-corrected chi connectivity index (χ0v) is 9.62. The van der Waals surface area contributed by atoms with Crippen molar-refractivity contribution in [2.75, 3.05) is 4.72 Å². The molecule has 0 spiro atoms. The van der Waals surface area contributed by atoms with E-state index in [1.807, 2.05) is 0 Å². The fourth-order valence-corrected chi connectivity index (χ4v) is 1.78. The van der Waals surface area contributed by atoms with E-state index in [9.17, 15) is 12.8 Å². The molecule has 1 rings (SSSR count). The molecule has 0 atom stereocenters. The summed E-state index contributed by atoms with van der Waals surface area (Å²) in [5.74, 6) is -0.456. The lowest BCUT2D eigenvalue weighted by Crippen LogP contribution is -2.22. The van der Waals surface area contributed by atoms with Gasteiger partial charge in [-0.05, 0) is 40.5 Å². The molecule has 14 heavy (non-hydrogen) atoms. The molecule has 0 aliphatic rings. The van der Waals surface area contributed by atoms with Gasteiger partial charge in [-0.25, -0.2) is 9.53 Å². The second-order valence-electron chi connectivity index (χ2n) is 2.73. The Morgan fingerprint density at radius 3 is 2.57 bits per heavy atom. The summed E-state index contributed by atoms with van der Waals surface area (Å²) in [7, 11) is -3.82. The summed E-state index contributed by atoms with van der Waals surface area (Å²) in [5, 5.41) is 4.78. The van der Waals surface area contributed by atoms with Crippen LogP contribution < -0.4 is 9.86 Å². The van der Waals surface area contributed by atoms with E-state index in [4.69, 9.17) is 5.14 Å². The van der Waals surface area contributed by atoms with E-state index >= 15 is 0 Å². The molecule has 0 aromatic heterocycles. The van der Waals surface area contributed by atoms with Crippen molar-refractivity contribution >= 4 is 31.8 Å². The molecule has 0 saturated heterocycles. The summed E-state index contributed by atoms with van der Waals surface area (Å²) in [6.07, 6.45) is 0. The lowest BCUT2D eigenvalue weighted by molar-refractivity contribution is 0.602. The van der Waals surface area contributed by atoms with Crippen LogP contribution in [0.3, 0.4) is 0 Å². The highest BCUT2D eigenvalue weighted by atomic mass is 79.9. The number of aryl methyl sites for hydroxylation is 1. The van der Waals surface area contributed by atoms with Crippen LogP contribution in [0.4, 0.5) is 10.1 Å². The van der Waals surface area contributed by atoms with Crippen molar-refractivity contribution in [2.24, 2.45) is 5.14 Å². The highest BCUT2D eigenvalue weighted by Gasteiger charge is 2.08. The first kappa shape index (κ1) is 11.4. The Labute approximate surface area is 89.6 Å². The van der Waals surface area contributed by atoms with Gasteiger partial charge in [-0.3, -0.25) is 4.72 Å². The van der Waals surface area contributed by atoms with Gasteiger partial charge in [0.25, 0.3) is 10.2 Å². The Morgan fingerprint density at radius 1 is 1.50 bits per heavy atom. The molecule has 1 aromatic carbocycles. The van der Waals surface area contributed by atoms with Crippen LogP contribution in [0.15, 0.2) is 16.6 Å². The van der Waals surface area contributed by atoms with E-state index in [1.165, 1.54) is 12.1 Å². The number of hydrogen-bond donors (Lipinski definition) is 2. The first-order chi connectivity index (χ1) is 6.29. The van der Waals surface area contributed by atoms with Gasteiger partial charge in [0.1, 0.15) is 5.82 Å². The molecule has 0 heterocycles. The van der Waals surface area contributed by atoms with Crippen LogP contribution in [-0.4, -0.2) is 8.42 Å². The van der Waals surface area contributed by atoms with Crippen molar-refractivity contribution in [3.63, 3.8) is 0 Å². The van der Waals surface area contributed by atoms with Crippen LogP contribution in [0, 0.1) is 12.7 Å². The Bertz CT molecular complexity index is 461. The molecule has 0 fully saturated rings. The number of nitrogens with two attached hydrogens (primary N) is 1. The smallest absolute Gasteiger partial charge is 0.271 e. The lowest BCUT2D eigenvalue weighted by Gasteiger charge is -2.08. The average molecular weight is 283 g/mol. The summed E-state index contributed by atoms with van der Waals surface area (Å²) >= 11 is 2.94. The quantitative estimate of drug-likeness (QED) is 0.863. The van der Waals surface area contributed by atoms with Gasteiger partial charge in [0, 0.05) is 0 Å². The van der Waals surface area contributed by atoms with Gasteiger partial charge in [-0.15, -0.1) is 0 Å². The third kappa shape index (κ3) is 2.93. The highest BCUT2D eigenvalue weighted by molar-refractivity contribution is 9.10. The molecule has 0 saturated carbocycles. The minimum Gasteiger partial charge on any atom is -0.271 e. The summed E-state index contributed by atoms with van der Waals surface area (Å²) in [6, 6.07) is 2.52. The zero-order valence-electron chi connectivity index (χ0n) is 7.21. The Morgan fingerprint density at radius 2 is 2.07 bits per heavy atom. The summed E-state index contributed by atoms with van der Waals surface area (Å²) < 4.78 is 36.6. The topological polar surface area (TPSA) is 72.2 Å². The normalized spacial score (nSPS) is 11.4. The third-order valence-electron chi connectivity index (χ3n) is 1.52. The van der Waals surface area contributed by atoms with Gasteiger partial charge < -0.3 is 0 Å².